The first-order valence-corrected chi connectivity index (χ1v) is 5.97. The van der Waals surface area contributed by atoms with Crippen LogP contribution in [0.1, 0.15) is 11.5 Å². The number of hydrogen-bond acceptors (Lipinski definition) is 5. The van der Waals surface area contributed by atoms with Crippen molar-refractivity contribution in [2.24, 2.45) is 0 Å². The van der Waals surface area contributed by atoms with Crippen LogP contribution in [0.4, 0.5) is 5.69 Å². The highest BCUT2D eigenvalue weighted by molar-refractivity contribution is 5.66. The summed E-state index contributed by atoms with van der Waals surface area (Å²) in [5.41, 5.74) is 1.38. The van der Waals surface area contributed by atoms with E-state index < -0.39 is 4.92 Å². The molecule has 0 aliphatic rings. The van der Waals surface area contributed by atoms with Crippen molar-refractivity contribution in [1.29, 1.82) is 0 Å². The monoisotopic (exact) mass is 261 g/mol. The van der Waals surface area contributed by atoms with Crippen LogP contribution < -0.4 is 5.32 Å². The molecule has 0 bridgehead atoms. The summed E-state index contributed by atoms with van der Waals surface area (Å²) in [6.07, 6.45) is 2.29. The van der Waals surface area contributed by atoms with Gasteiger partial charge in [-0.05, 0) is 14.0 Å². The zero-order valence-electron chi connectivity index (χ0n) is 10.8. The Hall–Kier alpha value is -2.21. The van der Waals surface area contributed by atoms with Gasteiger partial charge in [-0.25, -0.2) is 4.98 Å². The van der Waals surface area contributed by atoms with Crippen LogP contribution in [-0.2, 0) is 6.42 Å². The van der Waals surface area contributed by atoms with Gasteiger partial charge in [-0.15, -0.1) is 0 Å². The summed E-state index contributed by atoms with van der Waals surface area (Å²) < 4.78 is 5.61. The van der Waals surface area contributed by atoms with Crippen molar-refractivity contribution in [3.8, 4) is 11.3 Å². The molecule has 2 rings (SSSR count). The molecule has 0 unspecified atom stereocenters. The fourth-order valence-corrected chi connectivity index (χ4v) is 1.87. The lowest BCUT2D eigenvalue weighted by atomic mass is 10.1. The molecular formula is C13H15N3O3. The molecule has 19 heavy (non-hydrogen) atoms. The van der Waals surface area contributed by atoms with Crippen LogP contribution >= 0.6 is 0 Å². The van der Waals surface area contributed by atoms with Crippen LogP contribution in [0.15, 0.2) is 28.8 Å². The van der Waals surface area contributed by atoms with Gasteiger partial charge in [0.15, 0.2) is 11.7 Å². The second kappa shape index (κ2) is 5.62. The van der Waals surface area contributed by atoms with Crippen molar-refractivity contribution in [3.63, 3.8) is 0 Å². The predicted octanol–water partition coefficient (Wildman–Crippen LogP) is 2.32. The second-order valence-electron chi connectivity index (χ2n) is 4.18. The largest absolute Gasteiger partial charge is 0.441 e. The fourth-order valence-electron chi connectivity index (χ4n) is 1.87. The Balaban J connectivity index is 2.34. The maximum Gasteiger partial charge on any atom is 0.273 e. The number of likely N-dealkylation sites (N-methyl/N-ethyl adjacent to an activating group) is 1. The third kappa shape index (κ3) is 2.79. The fraction of sp³-hybridized carbons (Fsp3) is 0.308. The molecule has 0 fully saturated rings. The molecule has 1 N–H and O–H groups in total. The van der Waals surface area contributed by atoms with Crippen molar-refractivity contribution >= 4 is 5.69 Å². The van der Waals surface area contributed by atoms with E-state index in [4.69, 9.17) is 4.42 Å². The first-order chi connectivity index (χ1) is 9.13. The van der Waals surface area contributed by atoms with E-state index in [0.29, 0.717) is 29.2 Å². The minimum atomic E-state index is -0.392. The molecule has 0 aliphatic carbocycles. The molecule has 0 amide bonds. The Morgan fingerprint density at radius 2 is 2.26 bits per heavy atom. The molecule has 6 nitrogen and oxygen atoms in total. The highest BCUT2D eigenvalue weighted by atomic mass is 16.6. The van der Waals surface area contributed by atoms with Crippen LogP contribution in [-0.4, -0.2) is 23.5 Å². The number of nitrogens with zero attached hydrogens (tertiary/aromatic N) is 2. The summed E-state index contributed by atoms with van der Waals surface area (Å²) in [7, 11) is 1.86. The molecule has 1 aromatic carbocycles. The van der Waals surface area contributed by atoms with Gasteiger partial charge in [0.25, 0.3) is 5.69 Å². The minimum absolute atomic E-state index is 0.0886. The summed E-state index contributed by atoms with van der Waals surface area (Å²) in [6.45, 7) is 2.48. The van der Waals surface area contributed by atoms with Crippen LogP contribution in [0.2, 0.25) is 0 Å². The molecule has 1 aromatic heterocycles. The van der Waals surface area contributed by atoms with E-state index in [1.165, 1.54) is 6.07 Å². The van der Waals surface area contributed by atoms with Gasteiger partial charge in [-0.2, -0.15) is 0 Å². The molecule has 1 heterocycles. The summed E-state index contributed by atoms with van der Waals surface area (Å²) >= 11 is 0. The number of nitro benzene ring substituents is 1. The SMILES string of the molecule is CNCCc1ncc(-c2cccc([N+](=O)[O-])c2C)o1. The standard InChI is InChI=1S/C13H15N3O3/c1-9-10(4-3-5-11(9)16(17)18)12-8-15-13(19-12)6-7-14-2/h3-5,8,14H,6-7H2,1-2H3. The third-order valence-electron chi connectivity index (χ3n) is 2.91. The van der Waals surface area contributed by atoms with Crippen LogP contribution in [0.3, 0.4) is 0 Å². The van der Waals surface area contributed by atoms with Gasteiger partial charge in [-0.1, -0.05) is 12.1 Å². The van der Waals surface area contributed by atoms with E-state index in [2.05, 4.69) is 10.3 Å². The van der Waals surface area contributed by atoms with Crippen molar-refractivity contribution < 1.29 is 9.34 Å². The first-order valence-electron chi connectivity index (χ1n) is 5.97. The number of hydrogen-bond donors (Lipinski definition) is 1. The van der Waals surface area contributed by atoms with E-state index in [1.54, 1.807) is 25.3 Å². The summed E-state index contributed by atoms with van der Waals surface area (Å²) in [5.74, 6) is 1.18. The number of benzene rings is 1. The molecule has 0 atom stereocenters. The Morgan fingerprint density at radius 3 is 2.95 bits per heavy atom. The molecule has 2 aromatic rings. The van der Waals surface area contributed by atoms with Crippen LogP contribution in [0, 0.1) is 17.0 Å². The molecule has 100 valence electrons. The van der Waals surface area contributed by atoms with Gasteiger partial charge in [0, 0.05) is 30.2 Å². The number of nitrogens with one attached hydrogen (secondary N) is 1. The Kier molecular flexibility index (Phi) is 3.91. The smallest absolute Gasteiger partial charge is 0.273 e. The van der Waals surface area contributed by atoms with E-state index in [0.717, 1.165) is 6.54 Å². The van der Waals surface area contributed by atoms with Crippen molar-refractivity contribution in [3.05, 3.63) is 46.0 Å². The number of oxazole rings is 1. The zero-order chi connectivity index (χ0) is 13.8. The molecular weight excluding hydrogens is 246 g/mol. The van der Waals surface area contributed by atoms with Crippen molar-refractivity contribution in [2.75, 3.05) is 13.6 Å². The van der Waals surface area contributed by atoms with Gasteiger partial charge in [0.1, 0.15) is 0 Å². The molecule has 0 spiro atoms. The lowest BCUT2D eigenvalue weighted by Gasteiger charge is -2.02. The topological polar surface area (TPSA) is 81.2 Å². The maximum absolute atomic E-state index is 10.9. The number of nitro groups is 1. The highest BCUT2D eigenvalue weighted by Gasteiger charge is 2.16. The lowest BCUT2D eigenvalue weighted by molar-refractivity contribution is -0.385. The average Bonchev–Trinajstić information content (AvgIpc) is 2.84. The van der Waals surface area contributed by atoms with Gasteiger partial charge >= 0.3 is 0 Å². The van der Waals surface area contributed by atoms with Crippen molar-refractivity contribution in [1.82, 2.24) is 10.3 Å². The van der Waals surface area contributed by atoms with Gasteiger partial charge in [0.05, 0.1) is 11.1 Å². The molecule has 0 aliphatic heterocycles. The number of aromatic nitrogens is 1. The Bertz CT molecular complexity index is 593. The second-order valence-corrected chi connectivity index (χ2v) is 4.18. The predicted molar refractivity (Wildman–Crippen MR) is 71.0 cm³/mol. The Labute approximate surface area is 110 Å². The van der Waals surface area contributed by atoms with E-state index in [1.807, 2.05) is 7.05 Å². The lowest BCUT2D eigenvalue weighted by Crippen LogP contribution is -2.10. The van der Waals surface area contributed by atoms with E-state index in [9.17, 15) is 10.1 Å². The number of rotatable bonds is 5. The van der Waals surface area contributed by atoms with Crippen LogP contribution in [0.5, 0.6) is 0 Å². The summed E-state index contributed by atoms with van der Waals surface area (Å²) in [4.78, 5) is 14.7. The van der Waals surface area contributed by atoms with Gasteiger partial charge in [-0.3, -0.25) is 10.1 Å². The van der Waals surface area contributed by atoms with Crippen molar-refractivity contribution in [2.45, 2.75) is 13.3 Å². The van der Waals surface area contributed by atoms with Crippen LogP contribution in [0.25, 0.3) is 11.3 Å². The first kappa shape index (κ1) is 13.2. The summed E-state index contributed by atoms with van der Waals surface area (Å²) in [5, 5.41) is 13.9. The third-order valence-corrected chi connectivity index (χ3v) is 2.91. The quantitative estimate of drug-likeness (QED) is 0.659. The molecule has 6 heteroatoms. The molecule has 0 saturated carbocycles. The zero-order valence-corrected chi connectivity index (χ0v) is 10.8. The Morgan fingerprint density at radius 1 is 1.47 bits per heavy atom. The normalized spacial score (nSPS) is 10.6. The molecule has 0 saturated heterocycles. The average molecular weight is 261 g/mol. The summed E-state index contributed by atoms with van der Waals surface area (Å²) in [6, 6.07) is 4.93. The maximum atomic E-state index is 10.9. The van der Waals surface area contributed by atoms with Gasteiger partial charge < -0.3 is 9.73 Å². The molecule has 0 radical (unpaired) electrons. The van der Waals surface area contributed by atoms with E-state index >= 15 is 0 Å². The van der Waals surface area contributed by atoms with Gasteiger partial charge in [0.2, 0.25) is 0 Å². The van der Waals surface area contributed by atoms with E-state index in [-0.39, 0.29) is 5.69 Å². The highest BCUT2D eigenvalue weighted by Crippen LogP contribution is 2.30. The minimum Gasteiger partial charge on any atom is -0.441 e.